The molecule has 2 nitrogen and oxygen atoms in total. The Balaban J connectivity index is 3.60. The van der Waals surface area contributed by atoms with Gasteiger partial charge in [-0.2, -0.15) is 0 Å². The van der Waals surface area contributed by atoms with E-state index in [9.17, 15) is 9.59 Å². The predicted octanol–water partition coefficient (Wildman–Crippen LogP) is 1.50. The van der Waals surface area contributed by atoms with Crippen molar-refractivity contribution in [1.82, 2.24) is 0 Å². The summed E-state index contributed by atoms with van der Waals surface area (Å²) in [7, 11) is 0. The summed E-state index contributed by atoms with van der Waals surface area (Å²) in [6.07, 6.45) is 4.76. The van der Waals surface area contributed by atoms with Crippen LogP contribution in [0, 0.1) is 0 Å². The number of carbonyl (C=O) groups excluding carboxylic acids is 2. The van der Waals surface area contributed by atoms with Crippen LogP contribution in [0.25, 0.3) is 0 Å². The van der Waals surface area contributed by atoms with Crippen LogP contribution >= 0.6 is 0 Å². The van der Waals surface area contributed by atoms with Gasteiger partial charge in [0.25, 0.3) is 0 Å². The zero-order chi connectivity index (χ0) is 7.98. The highest BCUT2D eigenvalue weighted by molar-refractivity contribution is 6.36. The largest absolute Gasteiger partial charge is 0.291 e. The molecule has 10 heavy (non-hydrogen) atoms. The number of ketones is 2. The molecule has 0 spiro atoms. The van der Waals surface area contributed by atoms with Crippen LogP contribution in [0.1, 0.15) is 26.7 Å². The maximum absolute atomic E-state index is 10.6. The average molecular weight is 140 g/mol. The van der Waals surface area contributed by atoms with Gasteiger partial charge in [0.2, 0.25) is 5.78 Å². The van der Waals surface area contributed by atoms with Crippen molar-refractivity contribution in [3.8, 4) is 0 Å². The van der Waals surface area contributed by atoms with Gasteiger partial charge in [0, 0.05) is 13.3 Å². The van der Waals surface area contributed by atoms with Crippen LogP contribution in [-0.4, -0.2) is 11.6 Å². The normalized spacial score (nSPS) is 10.2. The first-order valence-electron chi connectivity index (χ1n) is 3.37. The lowest BCUT2D eigenvalue weighted by Gasteiger charge is -1.86. The maximum Gasteiger partial charge on any atom is 0.201 e. The molecule has 0 rings (SSSR count). The molecule has 0 radical (unpaired) electrons. The molecule has 0 aliphatic rings. The van der Waals surface area contributed by atoms with Gasteiger partial charge in [-0.05, 0) is 6.42 Å². The van der Waals surface area contributed by atoms with Gasteiger partial charge in [-0.1, -0.05) is 19.1 Å². The van der Waals surface area contributed by atoms with E-state index in [2.05, 4.69) is 0 Å². The molecule has 2 heteroatoms. The Labute approximate surface area is 60.9 Å². The van der Waals surface area contributed by atoms with Crippen molar-refractivity contribution in [2.75, 3.05) is 0 Å². The average Bonchev–Trinajstić information content (AvgIpc) is 1.88. The van der Waals surface area contributed by atoms with Crippen molar-refractivity contribution in [3.63, 3.8) is 0 Å². The summed E-state index contributed by atoms with van der Waals surface area (Å²) in [5, 5.41) is 0. The molecule has 0 bridgehead atoms. The molecule has 0 heterocycles. The van der Waals surface area contributed by atoms with E-state index in [4.69, 9.17) is 0 Å². The first-order chi connectivity index (χ1) is 4.68. The fourth-order valence-electron chi connectivity index (χ4n) is 0.501. The van der Waals surface area contributed by atoms with Gasteiger partial charge in [-0.15, -0.1) is 0 Å². The number of hydrogen-bond acceptors (Lipinski definition) is 2. The van der Waals surface area contributed by atoms with E-state index in [0.717, 1.165) is 6.42 Å². The topological polar surface area (TPSA) is 34.1 Å². The fourth-order valence-corrected chi connectivity index (χ4v) is 0.501. The Bertz CT molecular complexity index is 157. The van der Waals surface area contributed by atoms with Gasteiger partial charge < -0.3 is 0 Å². The highest BCUT2D eigenvalue weighted by Crippen LogP contribution is 1.88. The van der Waals surface area contributed by atoms with Crippen LogP contribution in [0.4, 0.5) is 0 Å². The summed E-state index contributed by atoms with van der Waals surface area (Å²) in [5.74, 6) is -0.676. The van der Waals surface area contributed by atoms with Gasteiger partial charge in [-0.25, -0.2) is 0 Å². The van der Waals surface area contributed by atoms with Crippen LogP contribution in [0.5, 0.6) is 0 Å². The minimum absolute atomic E-state index is 0.253. The Morgan fingerprint density at radius 3 is 2.30 bits per heavy atom. The number of carbonyl (C=O) groups is 2. The Hall–Kier alpha value is -0.920. The van der Waals surface area contributed by atoms with Crippen LogP contribution in [0.3, 0.4) is 0 Å². The summed E-state index contributed by atoms with van der Waals surface area (Å²) in [6.45, 7) is 3.27. The fraction of sp³-hybridized carbons (Fsp3) is 0.500. The third kappa shape index (κ3) is 4.01. The minimum atomic E-state index is -0.360. The first-order valence-corrected chi connectivity index (χ1v) is 3.37. The van der Waals surface area contributed by atoms with Crippen LogP contribution in [0.2, 0.25) is 0 Å². The molecule has 0 amide bonds. The van der Waals surface area contributed by atoms with Crippen molar-refractivity contribution in [2.45, 2.75) is 26.7 Å². The van der Waals surface area contributed by atoms with E-state index in [1.165, 1.54) is 6.92 Å². The van der Waals surface area contributed by atoms with Gasteiger partial charge in [0.15, 0.2) is 5.78 Å². The summed E-state index contributed by atoms with van der Waals surface area (Å²) in [4.78, 5) is 21.0. The number of allylic oxidation sites excluding steroid dienone is 2. The monoisotopic (exact) mass is 140 g/mol. The quantitative estimate of drug-likeness (QED) is 0.438. The Kier molecular flexibility index (Phi) is 4.46. The zero-order valence-corrected chi connectivity index (χ0v) is 6.39. The van der Waals surface area contributed by atoms with Crippen molar-refractivity contribution in [3.05, 3.63) is 12.2 Å². The van der Waals surface area contributed by atoms with Gasteiger partial charge >= 0.3 is 0 Å². The molecule has 0 N–H and O–H groups in total. The second kappa shape index (κ2) is 4.91. The van der Waals surface area contributed by atoms with E-state index in [1.807, 2.05) is 13.0 Å². The van der Waals surface area contributed by atoms with Crippen molar-refractivity contribution < 1.29 is 9.59 Å². The van der Waals surface area contributed by atoms with E-state index < -0.39 is 0 Å². The van der Waals surface area contributed by atoms with E-state index in [1.54, 1.807) is 6.08 Å². The summed E-state index contributed by atoms with van der Waals surface area (Å²) < 4.78 is 0. The highest BCUT2D eigenvalue weighted by Gasteiger charge is 2.02. The van der Waals surface area contributed by atoms with Crippen LogP contribution in [-0.2, 0) is 9.59 Å². The SMILES string of the molecule is CCC=CCC(=O)C(C)=O. The molecule has 56 valence electrons. The number of rotatable bonds is 4. The maximum atomic E-state index is 10.6. The van der Waals surface area contributed by atoms with Crippen molar-refractivity contribution in [1.29, 1.82) is 0 Å². The standard InChI is InChI=1S/C8H12O2/c1-3-4-5-6-8(10)7(2)9/h4-5H,3,6H2,1-2H3. The lowest BCUT2D eigenvalue weighted by atomic mass is 10.2. The smallest absolute Gasteiger partial charge is 0.201 e. The van der Waals surface area contributed by atoms with Crippen LogP contribution in [0.15, 0.2) is 12.2 Å². The second-order valence-electron chi connectivity index (χ2n) is 2.06. The summed E-state index contributed by atoms with van der Waals surface area (Å²) in [6, 6.07) is 0. The molecule has 0 aromatic heterocycles. The number of Topliss-reactive ketones (excluding diaryl/α,β-unsaturated/α-hetero) is 2. The second-order valence-corrected chi connectivity index (χ2v) is 2.06. The van der Waals surface area contributed by atoms with E-state index in [0.29, 0.717) is 0 Å². The molecule has 0 aromatic carbocycles. The van der Waals surface area contributed by atoms with E-state index >= 15 is 0 Å². The van der Waals surface area contributed by atoms with E-state index in [-0.39, 0.29) is 18.0 Å². The molecular weight excluding hydrogens is 128 g/mol. The molecule has 0 unspecified atom stereocenters. The molecule has 0 aliphatic carbocycles. The van der Waals surface area contributed by atoms with Gasteiger partial charge in [0.1, 0.15) is 0 Å². The lowest BCUT2D eigenvalue weighted by Crippen LogP contribution is -2.06. The molecular formula is C8H12O2. The molecule has 0 saturated carbocycles. The molecule has 0 aliphatic heterocycles. The van der Waals surface area contributed by atoms with Crippen molar-refractivity contribution in [2.24, 2.45) is 0 Å². The predicted molar refractivity (Wildman–Crippen MR) is 39.7 cm³/mol. The third-order valence-corrected chi connectivity index (χ3v) is 1.10. The third-order valence-electron chi connectivity index (χ3n) is 1.10. The first kappa shape index (κ1) is 9.08. The molecule has 0 fully saturated rings. The number of hydrogen-bond donors (Lipinski definition) is 0. The molecule has 0 saturated heterocycles. The van der Waals surface area contributed by atoms with Crippen molar-refractivity contribution >= 4 is 11.6 Å². The zero-order valence-electron chi connectivity index (χ0n) is 6.39. The molecule has 0 atom stereocenters. The highest BCUT2D eigenvalue weighted by atomic mass is 16.2. The minimum Gasteiger partial charge on any atom is -0.291 e. The summed E-state index contributed by atoms with van der Waals surface area (Å²) >= 11 is 0. The lowest BCUT2D eigenvalue weighted by molar-refractivity contribution is -0.134. The van der Waals surface area contributed by atoms with Gasteiger partial charge in [0.05, 0.1) is 0 Å². The Morgan fingerprint density at radius 1 is 1.30 bits per heavy atom. The van der Waals surface area contributed by atoms with Crippen LogP contribution < -0.4 is 0 Å². The van der Waals surface area contributed by atoms with Gasteiger partial charge in [-0.3, -0.25) is 9.59 Å². The Morgan fingerprint density at radius 2 is 1.90 bits per heavy atom. The molecule has 0 aromatic rings. The summed E-state index contributed by atoms with van der Waals surface area (Å²) in [5.41, 5.74) is 0.